The highest BCUT2D eigenvalue weighted by Gasteiger charge is 2.36. The van der Waals surface area contributed by atoms with Crippen LogP contribution in [0.25, 0.3) is 16.8 Å². The predicted molar refractivity (Wildman–Crippen MR) is 135 cm³/mol. The van der Waals surface area contributed by atoms with Gasteiger partial charge in [0, 0.05) is 0 Å². The molecule has 0 atom stereocenters. The minimum atomic E-state index is -0.623. The van der Waals surface area contributed by atoms with E-state index in [1.54, 1.807) is 31.2 Å². The fourth-order valence-electron chi connectivity index (χ4n) is 3.70. The standard InChI is InChI=1S/C27H25NO6S/c1-3-32-23-14-18(15-24-26(30)28(27(31)35-24)16-25(29)33-4-2)12-13-22(23)34-17-20-10-7-9-19-8-5-6-11-21(19)20/h5-15H,3-4,16-17H2,1-2H3/b24-15+. The molecular formula is C27H25NO6S. The fraction of sp³-hybridized carbons (Fsp3) is 0.222. The Bertz CT molecular complexity index is 1300. The first kappa shape index (κ1) is 24.3. The summed E-state index contributed by atoms with van der Waals surface area (Å²) in [4.78, 5) is 37.7. The van der Waals surface area contributed by atoms with Crippen molar-refractivity contribution in [1.82, 2.24) is 4.90 Å². The van der Waals surface area contributed by atoms with E-state index < -0.39 is 23.7 Å². The van der Waals surface area contributed by atoms with E-state index in [1.165, 1.54) is 0 Å². The van der Waals surface area contributed by atoms with Crippen LogP contribution in [-0.2, 0) is 20.9 Å². The molecule has 1 saturated heterocycles. The quantitative estimate of drug-likeness (QED) is 0.292. The molecule has 0 aliphatic carbocycles. The molecule has 3 aromatic rings. The third-order valence-corrected chi connectivity index (χ3v) is 6.20. The van der Waals surface area contributed by atoms with E-state index in [2.05, 4.69) is 18.2 Å². The van der Waals surface area contributed by atoms with Crippen molar-refractivity contribution in [2.24, 2.45) is 0 Å². The third-order valence-electron chi connectivity index (χ3n) is 5.29. The molecule has 0 bridgehead atoms. The molecule has 0 saturated carbocycles. The normalized spacial score (nSPS) is 14.6. The zero-order valence-corrected chi connectivity index (χ0v) is 20.3. The molecule has 8 heteroatoms. The van der Waals surface area contributed by atoms with Crippen molar-refractivity contribution in [2.45, 2.75) is 20.5 Å². The highest BCUT2D eigenvalue weighted by atomic mass is 32.2. The Morgan fingerprint density at radius 1 is 0.943 bits per heavy atom. The van der Waals surface area contributed by atoms with Crippen LogP contribution in [0.3, 0.4) is 0 Å². The summed E-state index contributed by atoms with van der Waals surface area (Å²) >= 11 is 0.787. The van der Waals surface area contributed by atoms with Crippen molar-refractivity contribution >= 4 is 45.7 Å². The van der Waals surface area contributed by atoms with Crippen molar-refractivity contribution in [3.63, 3.8) is 0 Å². The number of esters is 1. The lowest BCUT2D eigenvalue weighted by molar-refractivity contribution is -0.145. The molecule has 1 aliphatic rings. The number of rotatable bonds is 9. The molecule has 180 valence electrons. The summed E-state index contributed by atoms with van der Waals surface area (Å²) in [5.41, 5.74) is 1.73. The number of fused-ring (bicyclic) bond motifs is 1. The van der Waals surface area contributed by atoms with Gasteiger partial charge in [0.05, 0.1) is 18.1 Å². The molecule has 35 heavy (non-hydrogen) atoms. The van der Waals surface area contributed by atoms with Gasteiger partial charge in [-0.1, -0.05) is 48.5 Å². The van der Waals surface area contributed by atoms with E-state index in [0.717, 1.165) is 33.0 Å². The van der Waals surface area contributed by atoms with Crippen LogP contribution in [0.15, 0.2) is 65.6 Å². The van der Waals surface area contributed by atoms with E-state index in [1.807, 2.05) is 31.2 Å². The Morgan fingerprint density at radius 3 is 2.54 bits per heavy atom. The highest BCUT2D eigenvalue weighted by Crippen LogP contribution is 2.35. The van der Waals surface area contributed by atoms with E-state index in [9.17, 15) is 14.4 Å². The zero-order chi connectivity index (χ0) is 24.8. The third kappa shape index (κ3) is 5.66. The number of nitrogens with zero attached hydrogens (tertiary/aromatic N) is 1. The molecule has 0 N–H and O–H groups in total. The second-order valence-corrected chi connectivity index (χ2v) is 8.63. The molecule has 2 amide bonds. The molecule has 0 radical (unpaired) electrons. The molecule has 0 spiro atoms. The first-order valence-corrected chi connectivity index (χ1v) is 12.1. The second kappa shape index (κ2) is 11.1. The number of carbonyl (C=O) groups is 3. The van der Waals surface area contributed by atoms with Crippen LogP contribution >= 0.6 is 11.8 Å². The average molecular weight is 492 g/mol. The lowest BCUT2D eigenvalue weighted by Gasteiger charge is -2.14. The Labute approximate surface area is 207 Å². The topological polar surface area (TPSA) is 82.1 Å². The van der Waals surface area contributed by atoms with Crippen LogP contribution in [-0.4, -0.2) is 41.8 Å². The number of imide groups is 1. The Balaban J connectivity index is 1.52. The summed E-state index contributed by atoms with van der Waals surface area (Å²) in [7, 11) is 0. The lowest BCUT2D eigenvalue weighted by Crippen LogP contribution is -2.34. The zero-order valence-electron chi connectivity index (χ0n) is 19.5. The lowest BCUT2D eigenvalue weighted by atomic mass is 10.1. The Kier molecular flexibility index (Phi) is 7.72. The molecule has 4 rings (SSSR count). The van der Waals surface area contributed by atoms with Crippen LogP contribution in [0.5, 0.6) is 11.5 Å². The van der Waals surface area contributed by atoms with Gasteiger partial charge in [0.1, 0.15) is 13.2 Å². The maximum atomic E-state index is 12.7. The summed E-state index contributed by atoms with van der Waals surface area (Å²) in [5.74, 6) is -0.0377. The summed E-state index contributed by atoms with van der Waals surface area (Å²) in [6.07, 6.45) is 1.60. The number of benzene rings is 3. The van der Waals surface area contributed by atoms with Gasteiger partial charge in [0.15, 0.2) is 11.5 Å². The van der Waals surface area contributed by atoms with E-state index in [4.69, 9.17) is 14.2 Å². The molecule has 1 fully saturated rings. The molecule has 7 nitrogen and oxygen atoms in total. The van der Waals surface area contributed by atoms with E-state index in [-0.39, 0.29) is 11.5 Å². The van der Waals surface area contributed by atoms with Crippen LogP contribution in [0.4, 0.5) is 4.79 Å². The first-order chi connectivity index (χ1) is 17.0. The average Bonchev–Trinajstić information content (AvgIpc) is 3.11. The molecule has 1 heterocycles. The highest BCUT2D eigenvalue weighted by molar-refractivity contribution is 8.18. The molecule has 1 aliphatic heterocycles. The number of carbonyl (C=O) groups excluding carboxylic acids is 3. The molecule has 0 unspecified atom stereocenters. The monoisotopic (exact) mass is 491 g/mol. The molecule has 0 aromatic heterocycles. The van der Waals surface area contributed by atoms with Gasteiger partial charge in [-0.25, -0.2) is 0 Å². The van der Waals surface area contributed by atoms with Crippen molar-refractivity contribution in [2.75, 3.05) is 19.8 Å². The van der Waals surface area contributed by atoms with E-state index in [0.29, 0.717) is 30.3 Å². The molecule has 3 aromatic carbocycles. The van der Waals surface area contributed by atoms with Crippen molar-refractivity contribution in [1.29, 1.82) is 0 Å². The van der Waals surface area contributed by atoms with Crippen molar-refractivity contribution < 1.29 is 28.6 Å². The van der Waals surface area contributed by atoms with Crippen LogP contribution in [0, 0.1) is 0 Å². The maximum Gasteiger partial charge on any atom is 0.326 e. The van der Waals surface area contributed by atoms with Gasteiger partial charge < -0.3 is 14.2 Å². The number of ether oxygens (including phenoxy) is 3. The number of amides is 2. The minimum absolute atomic E-state index is 0.181. The van der Waals surface area contributed by atoms with Gasteiger partial charge in [0.2, 0.25) is 0 Å². The van der Waals surface area contributed by atoms with Crippen molar-refractivity contribution in [3.8, 4) is 11.5 Å². The van der Waals surface area contributed by atoms with Gasteiger partial charge >= 0.3 is 5.97 Å². The van der Waals surface area contributed by atoms with E-state index >= 15 is 0 Å². The predicted octanol–water partition coefficient (Wildman–Crippen LogP) is 5.42. The summed E-state index contributed by atoms with van der Waals surface area (Å²) in [6, 6.07) is 19.6. The fourth-order valence-corrected chi connectivity index (χ4v) is 4.54. The van der Waals surface area contributed by atoms with Crippen LogP contribution < -0.4 is 9.47 Å². The van der Waals surface area contributed by atoms with Crippen molar-refractivity contribution in [3.05, 3.63) is 76.7 Å². The second-order valence-electron chi connectivity index (χ2n) is 7.64. The summed E-state index contributed by atoms with van der Waals surface area (Å²) < 4.78 is 16.7. The largest absolute Gasteiger partial charge is 0.490 e. The Morgan fingerprint density at radius 2 is 1.74 bits per heavy atom. The number of hydrogen-bond acceptors (Lipinski definition) is 7. The van der Waals surface area contributed by atoms with Gasteiger partial charge in [-0.05, 0) is 65.7 Å². The Hall–Kier alpha value is -3.78. The summed E-state index contributed by atoms with van der Waals surface area (Å²) in [6.45, 7) is 4.12. The van der Waals surface area contributed by atoms with Crippen LogP contribution in [0.1, 0.15) is 25.0 Å². The van der Waals surface area contributed by atoms with Gasteiger partial charge in [0.25, 0.3) is 11.1 Å². The maximum absolute atomic E-state index is 12.7. The van der Waals surface area contributed by atoms with Gasteiger partial charge in [-0.3, -0.25) is 19.3 Å². The smallest absolute Gasteiger partial charge is 0.326 e. The minimum Gasteiger partial charge on any atom is -0.490 e. The summed E-state index contributed by atoms with van der Waals surface area (Å²) in [5, 5.41) is 1.77. The number of thioether (sulfide) groups is 1. The van der Waals surface area contributed by atoms with Crippen LogP contribution in [0.2, 0.25) is 0 Å². The van der Waals surface area contributed by atoms with Gasteiger partial charge in [-0.15, -0.1) is 0 Å². The SMILES string of the molecule is CCOC(=O)CN1C(=O)S/C(=C/c2ccc(OCc3cccc4ccccc34)c(OCC)c2)C1=O. The molecular weight excluding hydrogens is 466 g/mol. The van der Waals surface area contributed by atoms with Gasteiger partial charge in [-0.2, -0.15) is 0 Å². The first-order valence-electron chi connectivity index (χ1n) is 11.3. The number of hydrogen-bond donors (Lipinski definition) is 0.